The third kappa shape index (κ3) is 5.18. The SMILES string of the molecule is Cc1cc(C)c2c(CC(=O)N/N=C3\CCCc4oc(C(=O)NNC(=O)c5ccccc5F)c(C)c43)coc2c1. The van der Waals surface area contributed by atoms with E-state index in [2.05, 4.69) is 21.4 Å². The van der Waals surface area contributed by atoms with Crippen molar-refractivity contribution in [2.75, 3.05) is 0 Å². The first-order valence-electron chi connectivity index (χ1n) is 12.5. The van der Waals surface area contributed by atoms with Crippen LogP contribution in [0.5, 0.6) is 0 Å². The molecule has 3 N–H and O–H groups in total. The number of hydrazine groups is 1. The number of carbonyl (C=O) groups is 3. The molecule has 4 aromatic rings. The normalized spacial score (nSPS) is 13.8. The first-order valence-corrected chi connectivity index (χ1v) is 12.5. The van der Waals surface area contributed by atoms with Gasteiger partial charge < -0.3 is 8.83 Å². The first kappa shape index (κ1) is 25.9. The highest BCUT2D eigenvalue weighted by atomic mass is 19.1. The summed E-state index contributed by atoms with van der Waals surface area (Å²) >= 11 is 0. The molecule has 200 valence electrons. The van der Waals surface area contributed by atoms with Gasteiger partial charge in [0.05, 0.1) is 24.0 Å². The van der Waals surface area contributed by atoms with E-state index in [0.717, 1.165) is 40.1 Å². The van der Waals surface area contributed by atoms with E-state index < -0.39 is 17.6 Å². The van der Waals surface area contributed by atoms with Gasteiger partial charge in [0.2, 0.25) is 5.91 Å². The summed E-state index contributed by atoms with van der Waals surface area (Å²) in [6, 6.07) is 9.42. The van der Waals surface area contributed by atoms with Crippen molar-refractivity contribution in [1.82, 2.24) is 16.3 Å². The van der Waals surface area contributed by atoms with Gasteiger partial charge in [0, 0.05) is 28.5 Å². The van der Waals surface area contributed by atoms with Crippen molar-refractivity contribution in [3.05, 3.63) is 93.4 Å². The summed E-state index contributed by atoms with van der Waals surface area (Å²) in [5.74, 6) is -1.91. The molecule has 39 heavy (non-hydrogen) atoms. The van der Waals surface area contributed by atoms with E-state index in [9.17, 15) is 18.8 Å². The monoisotopic (exact) mass is 530 g/mol. The zero-order valence-electron chi connectivity index (χ0n) is 21.7. The summed E-state index contributed by atoms with van der Waals surface area (Å²) in [6.45, 7) is 5.68. The smallest absolute Gasteiger partial charge is 0.305 e. The van der Waals surface area contributed by atoms with Crippen LogP contribution in [0.2, 0.25) is 0 Å². The van der Waals surface area contributed by atoms with Crippen molar-refractivity contribution in [1.29, 1.82) is 0 Å². The average molecular weight is 531 g/mol. The third-order valence-electron chi connectivity index (χ3n) is 6.70. The van der Waals surface area contributed by atoms with Crippen LogP contribution in [0.25, 0.3) is 11.0 Å². The Labute approximate surface area is 223 Å². The number of amides is 3. The summed E-state index contributed by atoms with van der Waals surface area (Å²) in [5, 5.41) is 5.29. The van der Waals surface area contributed by atoms with Crippen molar-refractivity contribution < 1.29 is 27.6 Å². The van der Waals surface area contributed by atoms with Crippen molar-refractivity contribution in [2.24, 2.45) is 5.10 Å². The fraction of sp³-hybridized carbons (Fsp3) is 0.241. The minimum atomic E-state index is -0.795. The first-order chi connectivity index (χ1) is 18.7. The number of halogens is 1. The molecule has 0 radical (unpaired) electrons. The van der Waals surface area contributed by atoms with Gasteiger partial charge in [0.1, 0.15) is 17.2 Å². The molecule has 0 spiro atoms. The maximum atomic E-state index is 13.8. The number of nitrogens with one attached hydrogen (secondary N) is 3. The Morgan fingerprint density at radius 1 is 1.03 bits per heavy atom. The number of hydrazone groups is 1. The maximum Gasteiger partial charge on any atom is 0.305 e. The number of furan rings is 2. The Hall–Kier alpha value is -4.73. The number of aryl methyl sites for hydroxylation is 3. The second kappa shape index (κ2) is 10.6. The molecule has 2 heterocycles. The van der Waals surface area contributed by atoms with Crippen molar-refractivity contribution >= 4 is 34.4 Å². The minimum Gasteiger partial charge on any atom is -0.464 e. The third-order valence-corrected chi connectivity index (χ3v) is 6.70. The zero-order valence-corrected chi connectivity index (χ0v) is 21.7. The van der Waals surface area contributed by atoms with Gasteiger partial charge in [0.15, 0.2) is 5.76 Å². The highest BCUT2D eigenvalue weighted by Gasteiger charge is 2.28. The van der Waals surface area contributed by atoms with Gasteiger partial charge in [-0.2, -0.15) is 5.10 Å². The van der Waals surface area contributed by atoms with Crippen LogP contribution < -0.4 is 16.3 Å². The van der Waals surface area contributed by atoms with E-state index in [1.807, 2.05) is 26.0 Å². The van der Waals surface area contributed by atoms with Gasteiger partial charge in [-0.05, 0) is 62.9 Å². The van der Waals surface area contributed by atoms with Crippen LogP contribution in [0.15, 0.2) is 56.6 Å². The lowest BCUT2D eigenvalue weighted by atomic mass is 9.93. The number of rotatable bonds is 5. The van der Waals surface area contributed by atoms with E-state index in [1.165, 1.54) is 18.2 Å². The van der Waals surface area contributed by atoms with Gasteiger partial charge in [-0.25, -0.2) is 9.82 Å². The molecular formula is C29H27FN4O5. The highest BCUT2D eigenvalue weighted by molar-refractivity contribution is 6.07. The Morgan fingerprint density at radius 2 is 1.79 bits per heavy atom. The number of hydrogen-bond donors (Lipinski definition) is 3. The topological polar surface area (TPSA) is 126 Å². The lowest BCUT2D eigenvalue weighted by Gasteiger charge is -2.13. The summed E-state index contributed by atoms with van der Waals surface area (Å²) in [6.07, 6.45) is 3.60. The quantitative estimate of drug-likeness (QED) is 0.326. The molecule has 0 fully saturated rings. The van der Waals surface area contributed by atoms with E-state index in [-0.39, 0.29) is 23.7 Å². The lowest BCUT2D eigenvalue weighted by Crippen LogP contribution is -2.42. The number of nitrogens with zero attached hydrogens (tertiary/aromatic N) is 1. The van der Waals surface area contributed by atoms with Gasteiger partial charge in [0.25, 0.3) is 5.91 Å². The van der Waals surface area contributed by atoms with Crippen LogP contribution in [-0.4, -0.2) is 23.4 Å². The zero-order chi connectivity index (χ0) is 27.7. The molecule has 0 bridgehead atoms. The lowest BCUT2D eigenvalue weighted by molar-refractivity contribution is -0.120. The molecule has 0 unspecified atom stereocenters. The molecule has 9 nitrogen and oxygen atoms in total. The molecule has 10 heteroatoms. The summed E-state index contributed by atoms with van der Waals surface area (Å²) < 4.78 is 25.3. The summed E-state index contributed by atoms with van der Waals surface area (Å²) in [4.78, 5) is 37.8. The largest absolute Gasteiger partial charge is 0.464 e. The molecule has 0 atom stereocenters. The van der Waals surface area contributed by atoms with Crippen molar-refractivity contribution in [2.45, 2.75) is 46.5 Å². The summed E-state index contributed by atoms with van der Waals surface area (Å²) in [5.41, 5.74) is 12.3. The Bertz CT molecular complexity index is 1650. The van der Waals surface area contributed by atoms with Crippen LogP contribution in [-0.2, 0) is 17.6 Å². The second-order valence-corrected chi connectivity index (χ2v) is 9.58. The van der Waals surface area contributed by atoms with E-state index in [4.69, 9.17) is 8.83 Å². The molecule has 5 rings (SSSR count). The molecule has 1 aliphatic rings. The summed E-state index contributed by atoms with van der Waals surface area (Å²) in [7, 11) is 0. The molecule has 0 saturated carbocycles. The Balaban J connectivity index is 1.28. The number of hydrogen-bond acceptors (Lipinski definition) is 6. The number of benzene rings is 2. The Morgan fingerprint density at radius 3 is 2.59 bits per heavy atom. The molecule has 2 aromatic carbocycles. The maximum absolute atomic E-state index is 13.8. The van der Waals surface area contributed by atoms with E-state index in [0.29, 0.717) is 35.4 Å². The van der Waals surface area contributed by atoms with E-state index >= 15 is 0 Å². The van der Waals surface area contributed by atoms with Crippen LogP contribution in [0.4, 0.5) is 4.39 Å². The molecule has 3 amide bonds. The minimum absolute atomic E-state index is 0.00500. The number of fused-ring (bicyclic) bond motifs is 2. The van der Waals surface area contributed by atoms with Gasteiger partial charge in [-0.15, -0.1) is 0 Å². The van der Waals surface area contributed by atoms with Crippen molar-refractivity contribution in [3.8, 4) is 0 Å². The molecule has 2 aromatic heterocycles. The van der Waals surface area contributed by atoms with Crippen LogP contribution in [0.3, 0.4) is 0 Å². The molecular weight excluding hydrogens is 503 g/mol. The standard InChI is InChI=1S/C29H27FN4O5/c1-15-11-16(2)25-18(14-38-23(25)12-15)13-24(35)32-31-21-9-6-10-22-26(21)17(3)27(39-22)29(37)34-33-28(36)19-7-4-5-8-20(19)30/h4-5,7-8,11-12,14H,6,9-10,13H2,1-3H3,(H,32,35)(H,33,36)(H,34,37)/b31-21+. The molecule has 0 aliphatic heterocycles. The van der Waals surface area contributed by atoms with E-state index in [1.54, 1.807) is 13.2 Å². The predicted molar refractivity (Wildman–Crippen MR) is 142 cm³/mol. The predicted octanol–water partition coefficient (Wildman–Crippen LogP) is 4.56. The van der Waals surface area contributed by atoms with Crippen LogP contribution in [0, 0.1) is 26.6 Å². The van der Waals surface area contributed by atoms with Gasteiger partial charge >= 0.3 is 5.91 Å². The average Bonchev–Trinajstić information content (AvgIpc) is 3.47. The highest BCUT2D eigenvalue weighted by Crippen LogP contribution is 2.30. The fourth-order valence-electron chi connectivity index (χ4n) is 4.98. The Kier molecular flexibility index (Phi) is 7.02. The van der Waals surface area contributed by atoms with Crippen LogP contribution in [0.1, 0.15) is 67.3 Å². The molecule has 0 saturated heterocycles. The van der Waals surface area contributed by atoms with Crippen LogP contribution >= 0.6 is 0 Å². The fourth-order valence-corrected chi connectivity index (χ4v) is 4.98. The number of carbonyl (C=O) groups excluding carboxylic acids is 3. The molecule has 1 aliphatic carbocycles. The second-order valence-electron chi connectivity index (χ2n) is 9.58. The van der Waals surface area contributed by atoms with Crippen molar-refractivity contribution in [3.63, 3.8) is 0 Å². The van der Waals surface area contributed by atoms with Gasteiger partial charge in [-0.3, -0.25) is 25.2 Å². The van der Waals surface area contributed by atoms with Gasteiger partial charge in [-0.1, -0.05) is 18.2 Å².